The molecule has 2 rings (SSSR count). The normalized spacial score (nSPS) is 18.0. The first-order valence-electron chi connectivity index (χ1n) is 7.33. The zero-order chi connectivity index (χ0) is 15.5. The van der Waals surface area contributed by atoms with Crippen LogP contribution in [0.1, 0.15) is 43.2 Å². The minimum atomic E-state index is -3.47. The Hall–Kier alpha value is -0.980. The van der Waals surface area contributed by atoms with Gasteiger partial charge in [0, 0.05) is 18.7 Å². The minimum Gasteiger partial charge on any atom is -0.389 e. The number of rotatable bonds is 3. The molecule has 1 aromatic carbocycles. The van der Waals surface area contributed by atoms with E-state index in [9.17, 15) is 8.42 Å². The van der Waals surface area contributed by atoms with Gasteiger partial charge >= 0.3 is 0 Å². The lowest BCUT2D eigenvalue weighted by Gasteiger charge is -2.25. The van der Waals surface area contributed by atoms with Gasteiger partial charge in [-0.25, -0.2) is 8.42 Å². The van der Waals surface area contributed by atoms with Crippen molar-refractivity contribution in [2.45, 2.75) is 43.9 Å². The highest BCUT2D eigenvalue weighted by Gasteiger charge is 2.26. The summed E-state index contributed by atoms with van der Waals surface area (Å²) < 4.78 is 27.4. The molecule has 1 aromatic rings. The molecule has 0 unspecified atom stereocenters. The highest BCUT2D eigenvalue weighted by Crippen LogP contribution is 2.24. The molecule has 0 saturated carbocycles. The van der Waals surface area contributed by atoms with Crippen LogP contribution >= 0.6 is 12.2 Å². The van der Waals surface area contributed by atoms with Crippen molar-refractivity contribution in [3.8, 4) is 0 Å². The summed E-state index contributed by atoms with van der Waals surface area (Å²) in [4.78, 5) is 0.549. The third-order valence-corrected chi connectivity index (χ3v) is 6.18. The lowest BCUT2D eigenvalue weighted by Crippen LogP contribution is -2.34. The smallest absolute Gasteiger partial charge is 0.243 e. The molecule has 0 atom stereocenters. The number of thiocarbonyl (C=S) groups is 1. The Balaban J connectivity index is 2.37. The average Bonchev–Trinajstić information content (AvgIpc) is 2.37. The van der Waals surface area contributed by atoms with Crippen molar-refractivity contribution in [2.24, 2.45) is 5.73 Å². The second-order valence-electron chi connectivity index (χ2n) is 5.52. The summed E-state index contributed by atoms with van der Waals surface area (Å²) in [6.07, 6.45) is 5.24. The third kappa shape index (κ3) is 3.81. The van der Waals surface area contributed by atoms with Gasteiger partial charge in [0.05, 0.1) is 4.90 Å². The molecule has 0 bridgehead atoms. The van der Waals surface area contributed by atoms with Gasteiger partial charge in [-0.15, -0.1) is 0 Å². The van der Waals surface area contributed by atoms with E-state index in [1.807, 2.05) is 0 Å². The number of hydrogen-bond donors (Lipinski definition) is 1. The molecule has 0 aromatic heterocycles. The SMILES string of the molecule is Cc1ccc(C(N)=S)cc1S(=O)(=O)N1CCCCCCC1. The van der Waals surface area contributed by atoms with Crippen molar-refractivity contribution in [3.05, 3.63) is 29.3 Å². The number of sulfonamides is 1. The quantitative estimate of drug-likeness (QED) is 0.867. The number of nitrogens with zero attached hydrogens (tertiary/aromatic N) is 1. The van der Waals surface area contributed by atoms with Gasteiger partial charge in [-0.1, -0.05) is 43.6 Å². The van der Waals surface area contributed by atoms with E-state index in [-0.39, 0.29) is 4.99 Å². The summed E-state index contributed by atoms with van der Waals surface area (Å²) in [6, 6.07) is 5.14. The Morgan fingerprint density at radius 1 is 1.14 bits per heavy atom. The molecule has 1 heterocycles. The third-order valence-electron chi connectivity index (χ3n) is 3.91. The lowest BCUT2D eigenvalue weighted by atomic mass is 10.1. The molecule has 1 fully saturated rings. The molecule has 0 amide bonds. The first-order chi connectivity index (χ1) is 9.93. The van der Waals surface area contributed by atoms with E-state index in [0.717, 1.165) is 31.2 Å². The van der Waals surface area contributed by atoms with Crippen LogP contribution < -0.4 is 5.73 Å². The van der Waals surface area contributed by atoms with E-state index in [4.69, 9.17) is 18.0 Å². The predicted octanol–water partition coefficient (Wildman–Crippen LogP) is 2.58. The number of aryl methyl sites for hydroxylation is 1. The highest BCUT2D eigenvalue weighted by molar-refractivity contribution is 7.89. The summed E-state index contributed by atoms with van der Waals surface area (Å²) in [5.74, 6) is 0. The maximum absolute atomic E-state index is 12.9. The molecule has 21 heavy (non-hydrogen) atoms. The second kappa shape index (κ2) is 6.85. The van der Waals surface area contributed by atoms with Gasteiger partial charge in [-0.05, 0) is 31.4 Å². The monoisotopic (exact) mass is 326 g/mol. The fraction of sp³-hybridized carbons (Fsp3) is 0.533. The molecule has 0 radical (unpaired) electrons. The van der Waals surface area contributed by atoms with Gasteiger partial charge in [-0.2, -0.15) is 4.31 Å². The zero-order valence-electron chi connectivity index (χ0n) is 12.3. The fourth-order valence-corrected chi connectivity index (χ4v) is 4.52. The average molecular weight is 326 g/mol. The highest BCUT2D eigenvalue weighted by atomic mass is 32.2. The van der Waals surface area contributed by atoms with Crippen LogP contribution in [-0.4, -0.2) is 30.8 Å². The molecule has 0 spiro atoms. The number of benzene rings is 1. The van der Waals surface area contributed by atoms with Gasteiger partial charge < -0.3 is 5.73 Å². The second-order valence-corrected chi connectivity index (χ2v) is 7.86. The molecular formula is C15H22N2O2S2. The van der Waals surface area contributed by atoms with E-state index in [2.05, 4.69) is 0 Å². The van der Waals surface area contributed by atoms with Gasteiger partial charge in [0.15, 0.2) is 0 Å². The van der Waals surface area contributed by atoms with Gasteiger partial charge in [0.2, 0.25) is 10.0 Å². The van der Waals surface area contributed by atoms with E-state index in [1.165, 1.54) is 6.42 Å². The summed E-state index contributed by atoms with van der Waals surface area (Å²) in [5, 5.41) is 0. The van der Waals surface area contributed by atoms with Gasteiger partial charge in [0.1, 0.15) is 4.99 Å². The predicted molar refractivity (Wildman–Crippen MR) is 88.9 cm³/mol. The Bertz CT molecular complexity index is 619. The van der Waals surface area contributed by atoms with Crippen molar-refractivity contribution >= 4 is 27.2 Å². The zero-order valence-corrected chi connectivity index (χ0v) is 14.0. The number of hydrogen-bond acceptors (Lipinski definition) is 3. The van der Waals surface area contributed by atoms with Crippen LogP contribution in [0, 0.1) is 6.92 Å². The standard InChI is InChI=1S/C15H22N2O2S2/c1-12-7-8-13(15(16)20)11-14(12)21(18,19)17-9-5-3-2-4-6-10-17/h7-8,11H,2-6,9-10H2,1H3,(H2,16,20). The molecular weight excluding hydrogens is 304 g/mol. The molecule has 4 nitrogen and oxygen atoms in total. The van der Waals surface area contributed by atoms with Crippen LogP contribution in [0.25, 0.3) is 0 Å². The summed E-state index contributed by atoms with van der Waals surface area (Å²) in [7, 11) is -3.47. The molecule has 1 saturated heterocycles. The molecule has 1 aliphatic rings. The maximum atomic E-state index is 12.9. The number of nitrogens with two attached hydrogens (primary N) is 1. The minimum absolute atomic E-state index is 0.221. The molecule has 116 valence electrons. The molecule has 1 aliphatic heterocycles. The Morgan fingerprint density at radius 2 is 1.71 bits per heavy atom. The summed E-state index contributed by atoms with van der Waals surface area (Å²) in [6.45, 7) is 3.00. The van der Waals surface area contributed by atoms with Crippen molar-refractivity contribution in [3.63, 3.8) is 0 Å². The largest absolute Gasteiger partial charge is 0.389 e. The summed E-state index contributed by atoms with van der Waals surface area (Å²) in [5.41, 5.74) is 6.95. The van der Waals surface area contributed by atoms with E-state index in [1.54, 1.807) is 29.4 Å². The molecule has 6 heteroatoms. The van der Waals surface area contributed by atoms with Crippen LogP contribution in [0.3, 0.4) is 0 Å². The van der Waals surface area contributed by atoms with Crippen LogP contribution in [-0.2, 0) is 10.0 Å². The van der Waals surface area contributed by atoms with E-state index in [0.29, 0.717) is 23.5 Å². The van der Waals surface area contributed by atoms with Crippen molar-refractivity contribution in [2.75, 3.05) is 13.1 Å². The Kier molecular flexibility index (Phi) is 5.35. The van der Waals surface area contributed by atoms with Crippen LogP contribution in [0.4, 0.5) is 0 Å². The lowest BCUT2D eigenvalue weighted by molar-refractivity contribution is 0.364. The first-order valence-corrected chi connectivity index (χ1v) is 9.18. The Labute approximate surface area is 132 Å². The van der Waals surface area contributed by atoms with Gasteiger partial charge in [-0.3, -0.25) is 0 Å². The molecule has 2 N–H and O–H groups in total. The topological polar surface area (TPSA) is 63.4 Å². The maximum Gasteiger partial charge on any atom is 0.243 e. The van der Waals surface area contributed by atoms with Crippen LogP contribution in [0.5, 0.6) is 0 Å². The summed E-state index contributed by atoms with van der Waals surface area (Å²) >= 11 is 4.95. The van der Waals surface area contributed by atoms with E-state index >= 15 is 0 Å². The van der Waals surface area contributed by atoms with Crippen molar-refractivity contribution in [1.82, 2.24) is 4.31 Å². The first kappa shape index (κ1) is 16.4. The fourth-order valence-electron chi connectivity index (χ4n) is 2.63. The van der Waals surface area contributed by atoms with Crippen molar-refractivity contribution in [1.29, 1.82) is 0 Å². The van der Waals surface area contributed by atoms with E-state index < -0.39 is 10.0 Å². The molecule has 0 aliphatic carbocycles. The van der Waals surface area contributed by atoms with Crippen LogP contribution in [0.15, 0.2) is 23.1 Å². The van der Waals surface area contributed by atoms with Gasteiger partial charge in [0.25, 0.3) is 0 Å². The Morgan fingerprint density at radius 3 is 2.29 bits per heavy atom. The van der Waals surface area contributed by atoms with Crippen molar-refractivity contribution < 1.29 is 8.42 Å². The van der Waals surface area contributed by atoms with Crippen LogP contribution in [0.2, 0.25) is 0 Å².